The van der Waals surface area contributed by atoms with Crippen molar-refractivity contribution in [1.82, 2.24) is 10.2 Å². The van der Waals surface area contributed by atoms with Crippen molar-refractivity contribution in [2.75, 3.05) is 26.2 Å². The van der Waals surface area contributed by atoms with Gasteiger partial charge in [0.15, 0.2) is 0 Å². The highest BCUT2D eigenvalue weighted by molar-refractivity contribution is 4.79. The Morgan fingerprint density at radius 3 is 2.33 bits per heavy atom. The summed E-state index contributed by atoms with van der Waals surface area (Å²) in [6.45, 7) is 3.38. The van der Waals surface area contributed by atoms with Crippen molar-refractivity contribution < 1.29 is 13.2 Å². The number of piperidine rings is 1. The number of hydrogen-bond donors (Lipinski definition) is 1. The molecule has 1 saturated heterocycles. The Labute approximate surface area is 88.8 Å². The molecule has 0 radical (unpaired) electrons. The highest BCUT2D eigenvalue weighted by atomic mass is 19.4. The van der Waals surface area contributed by atoms with Crippen molar-refractivity contribution in [2.24, 2.45) is 0 Å². The van der Waals surface area contributed by atoms with Gasteiger partial charge in [0.25, 0.3) is 0 Å². The van der Waals surface area contributed by atoms with Gasteiger partial charge in [-0.1, -0.05) is 6.92 Å². The minimum atomic E-state index is -4.07. The van der Waals surface area contributed by atoms with Crippen LogP contribution in [0, 0.1) is 0 Å². The number of halogens is 3. The van der Waals surface area contributed by atoms with Gasteiger partial charge < -0.3 is 5.32 Å². The van der Waals surface area contributed by atoms with Crippen LogP contribution in [0.3, 0.4) is 0 Å². The molecule has 0 amide bonds. The molecule has 0 atom stereocenters. The van der Waals surface area contributed by atoms with Crippen molar-refractivity contribution >= 4 is 0 Å². The first kappa shape index (κ1) is 12.8. The molecule has 1 rings (SSSR count). The minimum absolute atomic E-state index is 0.104. The van der Waals surface area contributed by atoms with Crippen molar-refractivity contribution in [3.63, 3.8) is 0 Å². The summed E-state index contributed by atoms with van der Waals surface area (Å²) in [5.74, 6) is 0. The molecule has 1 aliphatic rings. The lowest BCUT2D eigenvalue weighted by Crippen LogP contribution is -2.47. The lowest BCUT2D eigenvalue weighted by Gasteiger charge is -2.34. The van der Waals surface area contributed by atoms with Crippen LogP contribution >= 0.6 is 0 Å². The maximum Gasteiger partial charge on any atom is 0.401 e. The zero-order chi connectivity index (χ0) is 11.3. The number of hydrogen-bond acceptors (Lipinski definition) is 2. The first-order valence-corrected chi connectivity index (χ1v) is 5.54. The van der Waals surface area contributed by atoms with Crippen LogP contribution in [-0.2, 0) is 0 Å². The van der Waals surface area contributed by atoms with Gasteiger partial charge in [0.1, 0.15) is 0 Å². The van der Waals surface area contributed by atoms with Gasteiger partial charge in [-0.05, 0) is 38.9 Å². The lowest BCUT2D eigenvalue weighted by atomic mass is 10.0. The number of nitrogens with one attached hydrogen (secondary N) is 1. The standard InChI is InChI=1S/C10H19F3N2/c1-2-7-15(8-10(11,12)13)9-3-5-14-6-4-9/h9,14H,2-8H2,1H3. The second kappa shape index (κ2) is 5.70. The van der Waals surface area contributed by atoms with E-state index in [4.69, 9.17) is 0 Å². The molecular formula is C10H19F3N2. The summed E-state index contributed by atoms with van der Waals surface area (Å²) in [6, 6.07) is 0.104. The van der Waals surface area contributed by atoms with E-state index in [1.54, 1.807) is 4.90 Å². The quantitative estimate of drug-likeness (QED) is 0.786. The molecule has 90 valence electrons. The molecule has 0 aromatic carbocycles. The monoisotopic (exact) mass is 224 g/mol. The predicted molar refractivity (Wildman–Crippen MR) is 53.8 cm³/mol. The van der Waals surface area contributed by atoms with Gasteiger partial charge in [0.05, 0.1) is 6.54 Å². The van der Waals surface area contributed by atoms with Gasteiger partial charge in [-0.3, -0.25) is 4.90 Å². The van der Waals surface area contributed by atoms with E-state index < -0.39 is 12.7 Å². The Morgan fingerprint density at radius 2 is 1.87 bits per heavy atom. The summed E-state index contributed by atoms with van der Waals surface area (Å²) in [6.07, 6.45) is -1.63. The van der Waals surface area contributed by atoms with Gasteiger partial charge in [-0.15, -0.1) is 0 Å². The molecule has 1 aliphatic heterocycles. The molecule has 2 nitrogen and oxygen atoms in total. The minimum Gasteiger partial charge on any atom is -0.317 e. The van der Waals surface area contributed by atoms with E-state index in [2.05, 4.69) is 5.32 Å². The zero-order valence-electron chi connectivity index (χ0n) is 9.11. The van der Waals surface area contributed by atoms with Gasteiger partial charge >= 0.3 is 6.18 Å². The highest BCUT2D eigenvalue weighted by Gasteiger charge is 2.33. The molecule has 15 heavy (non-hydrogen) atoms. The van der Waals surface area contributed by atoms with Crippen LogP contribution in [0.25, 0.3) is 0 Å². The Kier molecular flexibility index (Phi) is 4.86. The van der Waals surface area contributed by atoms with Crippen LogP contribution < -0.4 is 5.32 Å². The summed E-state index contributed by atoms with van der Waals surface area (Å²) in [5.41, 5.74) is 0. The predicted octanol–water partition coefficient (Wildman–Crippen LogP) is 2.01. The fourth-order valence-corrected chi connectivity index (χ4v) is 2.08. The van der Waals surface area contributed by atoms with Gasteiger partial charge in [0, 0.05) is 6.04 Å². The fourth-order valence-electron chi connectivity index (χ4n) is 2.08. The molecule has 0 bridgehead atoms. The normalized spacial score (nSPS) is 19.8. The molecule has 0 unspecified atom stereocenters. The van der Waals surface area contributed by atoms with E-state index in [9.17, 15) is 13.2 Å². The maximum atomic E-state index is 12.3. The molecule has 1 fully saturated rings. The third-order valence-electron chi connectivity index (χ3n) is 2.72. The molecule has 1 heterocycles. The first-order valence-electron chi connectivity index (χ1n) is 5.54. The van der Waals surface area contributed by atoms with Crippen LogP contribution in [0.2, 0.25) is 0 Å². The van der Waals surface area contributed by atoms with E-state index in [0.29, 0.717) is 6.54 Å². The maximum absolute atomic E-state index is 12.3. The topological polar surface area (TPSA) is 15.3 Å². The first-order chi connectivity index (χ1) is 7.03. The van der Waals surface area contributed by atoms with E-state index >= 15 is 0 Å². The van der Waals surface area contributed by atoms with E-state index in [0.717, 1.165) is 32.4 Å². The van der Waals surface area contributed by atoms with Crippen molar-refractivity contribution in [2.45, 2.75) is 38.4 Å². The van der Waals surface area contributed by atoms with Crippen molar-refractivity contribution in [3.8, 4) is 0 Å². The van der Waals surface area contributed by atoms with Crippen LogP contribution in [-0.4, -0.2) is 43.3 Å². The summed E-state index contributed by atoms with van der Waals surface area (Å²) in [4.78, 5) is 1.58. The molecule has 0 aliphatic carbocycles. The zero-order valence-corrected chi connectivity index (χ0v) is 9.11. The van der Waals surface area contributed by atoms with Gasteiger partial charge in [-0.2, -0.15) is 13.2 Å². The number of alkyl halides is 3. The Hall–Kier alpha value is -0.290. The average molecular weight is 224 g/mol. The van der Waals surface area contributed by atoms with Crippen LogP contribution in [0.4, 0.5) is 13.2 Å². The number of rotatable bonds is 4. The molecule has 5 heteroatoms. The Bertz CT molecular complexity index is 176. The smallest absolute Gasteiger partial charge is 0.317 e. The summed E-state index contributed by atoms with van der Waals surface area (Å²) in [5, 5.41) is 3.17. The number of nitrogens with zero attached hydrogens (tertiary/aromatic N) is 1. The van der Waals surface area contributed by atoms with E-state index in [-0.39, 0.29) is 6.04 Å². The molecule has 0 aromatic rings. The van der Waals surface area contributed by atoms with Crippen molar-refractivity contribution in [3.05, 3.63) is 0 Å². The molecule has 0 saturated carbocycles. The van der Waals surface area contributed by atoms with Crippen molar-refractivity contribution in [1.29, 1.82) is 0 Å². The molecule has 0 spiro atoms. The third-order valence-corrected chi connectivity index (χ3v) is 2.72. The fraction of sp³-hybridized carbons (Fsp3) is 1.00. The van der Waals surface area contributed by atoms with Gasteiger partial charge in [0.2, 0.25) is 0 Å². The summed E-state index contributed by atoms with van der Waals surface area (Å²) in [7, 11) is 0. The van der Waals surface area contributed by atoms with Crippen LogP contribution in [0.1, 0.15) is 26.2 Å². The van der Waals surface area contributed by atoms with Crippen LogP contribution in [0.15, 0.2) is 0 Å². The highest BCUT2D eigenvalue weighted by Crippen LogP contribution is 2.21. The average Bonchev–Trinajstić information content (AvgIpc) is 2.17. The van der Waals surface area contributed by atoms with Crippen LogP contribution in [0.5, 0.6) is 0 Å². The lowest BCUT2D eigenvalue weighted by molar-refractivity contribution is -0.152. The largest absolute Gasteiger partial charge is 0.401 e. The third kappa shape index (κ3) is 4.84. The second-order valence-corrected chi connectivity index (χ2v) is 4.07. The Balaban J connectivity index is 2.47. The SMILES string of the molecule is CCCN(CC(F)(F)F)C1CCNCC1. The molecular weight excluding hydrogens is 205 g/mol. The summed E-state index contributed by atoms with van der Waals surface area (Å²) >= 11 is 0. The molecule has 1 N–H and O–H groups in total. The molecule has 0 aromatic heterocycles. The van der Waals surface area contributed by atoms with E-state index in [1.807, 2.05) is 6.92 Å². The van der Waals surface area contributed by atoms with E-state index in [1.165, 1.54) is 0 Å². The Morgan fingerprint density at radius 1 is 1.27 bits per heavy atom. The second-order valence-electron chi connectivity index (χ2n) is 4.07. The summed E-state index contributed by atoms with van der Waals surface area (Å²) < 4.78 is 37.0. The van der Waals surface area contributed by atoms with Gasteiger partial charge in [-0.25, -0.2) is 0 Å².